The minimum atomic E-state index is -0.208. The lowest BCUT2D eigenvalue weighted by Gasteiger charge is -2.34. The molecule has 0 saturated carbocycles. The number of allylic oxidation sites excluding steroid dienone is 1. The summed E-state index contributed by atoms with van der Waals surface area (Å²) in [4.78, 5) is 0. The van der Waals surface area contributed by atoms with E-state index >= 15 is 0 Å². The van der Waals surface area contributed by atoms with Crippen LogP contribution in [0.25, 0.3) is 0 Å². The van der Waals surface area contributed by atoms with Gasteiger partial charge in [0.1, 0.15) is 19.3 Å². The van der Waals surface area contributed by atoms with Crippen LogP contribution in [0.2, 0.25) is 0 Å². The molecule has 3 saturated heterocycles. The summed E-state index contributed by atoms with van der Waals surface area (Å²) in [6, 6.07) is 0. The van der Waals surface area contributed by atoms with Gasteiger partial charge in [0.15, 0.2) is 0 Å². The molecule has 0 radical (unpaired) electrons. The standard InChI is InChI=1S/C12H17N2O3/c1-14(5-11-7-16-11)12(8-17-12)3-2-9(13-14)4-10-6-15-10/h2-3,10-11H,4-8H2,1H3/q+1. The number of nitrogens with zero attached hydrogens (tertiary/aromatic N) is 2. The second-order valence-corrected chi connectivity index (χ2v) is 5.49. The van der Waals surface area contributed by atoms with Crippen LogP contribution in [0.15, 0.2) is 17.3 Å². The zero-order valence-electron chi connectivity index (χ0n) is 9.96. The van der Waals surface area contributed by atoms with Crippen molar-refractivity contribution < 1.29 is 18.8 Å². The van der Waals surface area contributed by atoms with Crippen LogP contribution >= 0.6 is 0 Å². The normalized spacial score (nSPS) is 50.3. The minimum absolute atomic E-state index is 0.208. The van der Waals surface area contributed by atoms with Crippen molar-refractivity contribution in [1.29, 1.82) is 0 Å². The average Bonchev–Trinajstić information content (AvgIpc) is 3.04. The summed E-state index contributed by atoms with van der Waals surface area (Å²) in [5, 5.41) is 4.87. The Morgan fingerprint density at radius 1 is 1.41 bits per heavy atom. The lowest BCUT2D eigenvalue weighted by molar-refractivity contribution is -0.955. The first-order valence-corrected chi connectivity index (χ1v) is 6.20. The smallest absolute Gasteiger partial charge is 0.272 e. The fourth-order valence-corrected chi connectivity index (χ4v) is 2.53. The van der Waals surface area contributed by atoms with Crippen molar-refractivity contribution >= 4 is 5.71 Å². The third-order valence-corrected chi connectivity index (χ3v) is 3.94. The van der Waals surface area contributed by atoms with Crippen molar-refractivity contribution in [1.82, 2.24) is 0 Å². The number of quaternary nitrogens is 1. The Morgan fingerprint density at radius 2 is 2.12 bits per heavy atom. The van der Waals surface area contributed by atoms with Gasteiger partial charge in [-0.3, -0.25) is 0 Å². The molecule has 1 spiro atoms. The molecule has 0 bridgehead atoms. The lowest BCUT2D eigenvalue weighted by atomic mass is 10.1. The second-order valence-electron chi connectivity index (χ2n) is 5.49. The maximum absolute atomic E-state index is 5.64. The van der Waals surface area contributed by atoms with E-state index in [4.69, 9.17) is 19.3 Å². The van der Waals surface area contributed by atoms with Crippen molar-refractivity contribution in [3.05, 3.63) is 12.2 Å². The molecule has 0 aromatic carbocycles. The molecule has 4 unspecified atom stereocenters. The number of ether oxygens (including phenoxy) is 3. The van der Waals surface area contributed by atoms with Gasteiger partial charge >= 0.3 is 0 Å². The molecule has 4 rings (SSSR count). The van der Waals surface area contributed by atoms with E-state index in [1.165, 1.54) is 0 Å². The topological polar surface area (TPSA) is 50.0 Å². The first kappa shape index (κ1) is 10.2. The van der Waals surface area contributed by atoms with Crippen LogP contribution in [0.5, 0.6) is 0 Å². The van der Waals surface area contributed by atoms with Crippen molar-refractivity contribution in [3.8, 4) is 0 Å². The zero-order valence-corrected chi connectivity index (χ0v) is 9.96. The summed E-state index contributed by atoms with van der Waals surface area (Å²) in [6.07, 6.45) is 5.93. The second kappa shape index (κ2) is 3.17. The van der Waals surface area contributed by atoms with Gasteiger partial charge in [-0.1, -0.05) is 5.10 Å². The monoisotopic (exact) mass is 237 g/mol. The van der Waals surface area contributed by atoms with Crippen molar-refractivity contribution in [2.75, 3.05) is 33.4 Å². The molecule has 4 heterocycles. The Hall–Kier alpha value is -0.750. The summed E-state index contributed by atoms with van der Waals surface area (Å²) in [6.45, 7) is 3.41. The molecule has 92 valence electrons. The third kappa shape index (κ3) is 1.74. The molecular weight excluding hydrogens is 220 g/mol. The van der Waals surface area contributed by atoms with Crippen molar-refractivity contribution in [2.45, 2.75) is 24.4 Å². The van der Waals surface area contributed by atoms with E-state index in [0.29, 0.717) is 16.8 Å². The van der Waals surface area contributed by atoms with Crippen LogP contribution in [0.3, 0.4) is 0 Å². The number of hydrogen-bond donors (Lipinski definition) is 0. The quantitative estimate of drug-likeness (QED) is 0.521. The van der Waals surface area contributed by atoms with Gasteiger partial charge in [-0.2, -0.15) is 4.59 Å². The summed E-state index contributed by atoms with van der Waals surface area (Å²) in [7, 11) is 2.13. The minimum Gasteiger partial charge on any atom is -0.373 e. The first-order chi connectivity index (χ1) is 8.19. The van der Waals surface area contributed by atoms with Crippen LogP contribution < -0.4 is 0 Å². The highest BCUT2D eigenvalue weighted by Crippen LogP contribution is 2.42. The van der Waals surface area contributed by atoms with E-state index in [9.17, 15) is 0 Å². The van der Waals surface area contributed by atoms with Gasteiger partial charge < -0.3 is 14.2 Å². The molecule has 4 atom stereocenters. The van der Waals surface area contributed by atoms with E-state index in [0.717, 1.165) is 38.5 Å². The van der Waals surface area contributed by atoms with E-state index in [2.05, 4.69) is 19.2 Å². The highest BCUT2D eigenvalue weighted by Gasteiger charge is 2.63. The molecule has 0 aliphatic carbocycles. The van der Waals surface area contributed by atoms with Gasteiger partial charge in [0.25, 0.3) is 5.72 Å². The van der Waals surface area contributed by atoms with E-state index in [-0.39, 0.29) is 5.72 Å². The first-order valence-electron chi connectivity index (χ1n) is 6.20. The van der Waals surface area contributed by atoms with Crippen LogP contribution in [-0.4, -0.2) is 61.6 Å². The predicted molar refractivity (Wildman–Crippen MR) is 60.4 cm³/mol. The fourth-order valence-electron chi connectivity index (χ4n) is 2.53. The average molecular weight is 237 g/mol. The molecule has 0 N–H and O–H groups in total. The van der Waals surface area contributed by atoms with E-state index in [1.54, 1.807) is 0 Å². The number of likely N-dealkylation sites (N-methyl/N-ethyl adjacent to an activating group) is 1. The van der Waals surface area contributed by atoms with E-state index in [1.807, 2.05) is 0 Å². The van der Waals surface area contributed by atoms with Gasteiger partial charge in [-0.15, -0.1) is 0 Å². The summed E-state index contributed by atoms with van der Waals surface area (Å²) in [5.74, 6) is 0. The van der Waals surface area contributed by atoms with Crippen LogP contribution in [-0.2, 0) is 14.2 Å². The molecule has 0 amide bonds. The van der Waals surface area contributed by atoms with E-state index < -0.39 is 0 Å². The molecule has 3 fully saturated rings. The van der Waals surface area contributed by atoms with Gasteiger partial charge in [0, 0.05) is 12.5 Å². The predicted octanol–water partition coefficient (Wildman–Crippen LogP) is 0.273. The maximum atomic E-state index is 5.64. The number of rotatable bonds is 4. The Kier molecular flexibility index (Phi) is 1.90. The molecular formula is C12H17N2O3+. The van der Waals surface area contributed by atoms with Gasteiger partial charge in [0.2, 0.25) is 0 Å². The highest BCUT2D eigenvalue weighted by molar-refractivity contribution is 5.95. The van der Waals surface area contributed by atoms with Crippen molar-refractivity contribution in [3.63, 3.8) is 0 Å². The molecule has 5 heteroatoms. The summed E-state index contributed by atoms with van der Waals surface area (Å²) >= 11 is 0. The molecule has 4 aliphatic rings. The summed E-state index contributed by atoms with van der Waals surface area (Å²) < 4.78 is 16.8. The van der Waals surface area contributed by atoms with Crippen molar-refractivity contribution in [2.24, 2.45) is 5.10 Å². The molecule has 0 aromatic heterocycles. The Balaban J connectivity index is 1.58. The van der Waals surface area contributed by atoms with Crippen LogP contribution in [0, 0.1) is 0 Å². The zero-order chi connectivity index (χ0) is 11.5. The summed E-state index contributed by atoms with van der Waals surface area (Å²) in [5.41, 5.74) is 0.914. The molecule has 0 aromatic rings. The highest BCUT2D eigenvalue weighted by atomic mass is 16.6. The van der Waals surface area contributed by atoms with Gasteiger partial charge in [-0.25, -0.2) is 0 Å². The maximum Gasteiger partial charge on any atom is 0.272 e. The largest absolute Gasteiger partial charge is 0.373 e. The molecule has 5 nitrogen and oxygen atoms in total. The van der Waals surface area contributed by atoms with Gasteiger partial charge in [0.05, 0.1) is 32.1 Å². The molecule has 17 heavy (non-hydrogen) atoms. The van der Waals surface area contributed by atoms with Crippen LogP contribution in [0.4, 0.5) is 0 Å². The number of epoxide rings is 3. The third-order valence-electron chi connectivity index (χ3n) is 3.94. The molecule has 4 aliphatic heterocycles. The number of hydrogen-bond acceptors (Lipinski definition) is 4. The lowest BCUT2D eigenvalue weighted by Crippen LogP contribution is -2.54. The fraction of sp³-hybridized carbons (Fsp3) is 0.750. The van der Waals surface area contributed by atoms with Crippen LogP contribution in [0.1, 0.15) is 6.42 Å². The SMILES string of the molecule is C[N+]1(CC2CO2)N=C(CC2CO2)C=CC12CO2. The Morgan fingerprint density at radius 3 is 2.71 bits per heavy atom. The Bertz CT molecular complexity index is 408. The van der Waals surface area contributed by atoms with Gasteiger partial charge in [-0.05, 0) is 6.08 Å². The Labute approximate surface area is 100 Å².